The number of sulfonamides is 1. The lowest BCUT2D eigenvalue weighted by Crippen LogP contribution is -2.49. The van der Waals surface area contributed by atoms with E-state index in [0.717, 1.165) is 19.3 Å². The minimum atomic E-state index is -3.74. The van der Waals surface area contributed by atoms with Crippen LogP contribution < -0.4 is 0 Å². The van der Waals surface area contributed by atoms with E-state index in [1.165, 1.54) is 23.9 Å². The van der Waals surface area contributed by atoms with E-state index in [1.807, 2.05) is 13.8 Å². The summed E-state index contributed by atoms with van der Waals surface area (Å²) in [6, 6.07) is 2.38. The quantitative estimate of drug-likeness (QED) is 0.855. The molecule has 0 atom stereocenters. The van der Waals surface area contributed by atoms with Gasteiger partial charge in [-0.1, -0.05) is 19.3 Å². The highest BCUT2D eigenvalue weighted by molar-refractivity contribution is 7.89. The number of nitriles is 1. The molecule has 0 bridgehead atoms. The van der Waals surface area contributed by atoms with Crippen molar-refractivity contribution in [3.63, 3.8) is 0 Å². The van der Waals surface area contributed by atoms with Crippen molar-refractivity contribution in [1.82, 2.24) is 13.9 Å². The molecule has 0 N–H and O–H groups in total. The van der Waals surface area contributed by atoms with Crippen LogP contribution in [0.1, 0.15) is 52.0 Å². The Hall–Kier alpha value is -1.39. The maximum absolute atomic E-state index is 12.7. The van der Waals surface area contributed by atoms with Gasteiger partial charge in [0.25, 0.3) is 10.0 Å². The van der Waals surface area contributed by atoms with Gasteiger partial charge in [-0.3, -0.25) is 0 Å². The van der Waals surface area contributed by atoms with Crippen LogP contribution in [0.4, 0.5) is 0 Å². The van der Waals surface area contributed by atoms with Gasteiger partial charge < -0.3 is 4.57 Å². The molecule has 1 aliphatic carbocycles. The van der Waals surface area contributed by atoms with Crippen molar-refractivity contribution in [3.05, 3.63) is 12.5 Å². The van der Waals surface area contributed by atoms with Crippen molar-refractivity contribution >= 4 is 10.0 Å². The summed E-state index contributed by atoms with van der Waals surface area (Å²) in [6.07, 6.45) is 7.05. The van der Waals surface area contributed by atoms with Crippen molar-refractivity contribution in [3.8, 4) is 6.07 Å². The van der Waals surface area contributed by atoms with Gasteiger partial charge in [-0.15, -0.1) is 0 Å². The summed E-state index contributed by atoms with van der Waals surface area (Å²) >= 11 is 0. The van der Waals surface area contributed by atoms with E-state index < -0.39 is 15.6 Å². The van der Waals surface area contributed by atoms with E-state index in [2.05, 4.69) is 11.1 Å². The minimum absolute atomic E-state index is 0.0129. The Labute approximate surface area is 126 Å². The second kappa shape index (κ2) is 5.78. The summed E-state index contributed by atoms with van der Waals surface area (Å²) in [5, 5.41) is 9.55. The standard InChI is InChI=1S/C14H22N4O2S/c1-12(2)18-9-13(16-11-18)21(19,20)17(3)14(10-15)7-5-4-6-8-14/h9,11-12H,4-8H2,1-3H3. The van der Waals surface area contributed by atoms with E-state index in [1.54, 1.807) is 4.57 Å². The van der Waals surface area contributed by atoms with Gasteiger partial charge in [0, 0.05) is 19.3 Å². The monoisotopic (exact) mass is 310 g/mol. The SMILES string of the molecule is CC(C)n1cnc(S(=O)(=O)N(C)C2(C#N)CCCCC2)c1. The molecular weight excluding hydrogens is 288 g/mol. The van der Waals surface area contributed by atoms with E-state index in [0.29, 0.717) is 12.8 Å². The van der Waals surface area contributed by atoms with E-state index in [-0.39, 0.29) is 11.1 Å². The number of hydrogen-bond donors (Lipinski definition) is 0. The Morgan fingerprint density at radius 1 is 1.38 bits per heavy atom. The second-order valence-corrected chi connectivity index (χ2v) is 7.85. The lowest BCUT2D eigenvalue weighted by Gasteiger charge is -2.37. The average molecular weight is 310 g/mol. The molecule has 1 aromatic heterocycles. The van der Waals surface area contributed by atoms with Crippen LogP contribution in [0.3, 0.4) is 0 Å². The summed E-state index contributed by atoms with van der Waals surface area (Å²) in [6.45, 7) is 3.92. The molecular formula is C14H22N4O2S. The molecule has 1 aliphatic rings. The first-order valence-corrected chi connectivity index (χ1v) is 8.71. The summed E-state index contributed by atoms with van der Waals surface area (Å²) < 4.78 is 28.4. The zero-order valence-electron chi connectivity index (χ0n) is 12.8. The second-order valence-electron chi connectivity index (χ2n) is 5.93. The predicted octanol–water partition coefficient (Wildman–Crippen LogP) is 2.31. The molecule has 0 aliphatic heterocycles. The van der Waals surface area contributed by atoms with Crippen LogP contribution in [-0.4, -0.2) is 34.9 Å². The first-order valence-electron chi connectivity index (χ1n) is 7.27. The summed E-state index contributed by atoms with van der Waals surface area (Å²) in [5.41, 5.74) is -0.932. The highest BCUT2D eigenvalue weighted by atomic mass is 32.2. The van der Waals surface area contributed by atoms with Crippen molar-refractivity contribution in [2.45, 2.75) is 62.6 Å². The van der Waals surface area contributed by atoms with Crippen LogP contribution in [0, 0.1) is 11.3 Å². The number of nitrogens with zero attached hydrogens (tertiary/aromatic N) is 4. The number of imidazole rings is 1. The van der Waals surface area contributed by atoms with Crippen molar-refractivity contribution < 1.29 is 8.42 Å². The topological polar surface area (TPSA) is 79.0 Å². The van der Waals surface area contributed by atoms with Crippen molar-refractivity contribution in [1.29, 1.82) is 5.26 Å². The van der Waals surface area contributed by atoms with Gasteiger partial charge >= 0.3 is 0 Å². The Balaban J connectivity index is 2.35. The van der Waals surface area contributed by atoms with Crippen LogP contribution in [0.2, 0.25) is 0 Å². The highest BCUT2D eigenvalue weighted by Crippen LogP contribution is 2.35. The lowest BCUT2D eigenvalue weighted by molar-refractivity contribution is 0.212. The fourth-order valence-electron chi connectivity index (χ4n) is 2.74. The molecule has 0 aromatic carbocycles. The third kappa shape index (κ3) is 2.83. The lowest BCUT2D eigenvalue weighted by atomic mass is 9.83. The maximum atomic E-state index is 12.7. The molecule has 1 aromatic rings. The molecule has 0 saturated heterocycles. The molecule has 116 valence electrons. The molecule has 0 spiro atoms. The Kier molecular flexibility index (Phi) is 4.40. The molecule has 0 unspecified atom stereocenters. The third-order valence-electron chi connectivity index (χ3n) is 4.29. The predicted molar refractivity (Wildman–Crippen MR) is 79.0 cm³/mol. The first kappa shape index (κ1) is 16.0. The zero-order valence-corrected chi connectivity index (χ0v) is 13.6. The summed E-state index contributed by atoms with van der Waals surface area (Å²) in [7, 11) is -2.24. The van der Waals surface area contributed by atoms with Gasteiger partial charge in [-0.25, -0.2) is 13.4 Å². The largest absolute Gasteiger partial charge is 0.334 e. The highest BCUT2D eigenvalue weighted by Gasteiger charge is 2.43. The van der Waals surface area contributed by atoms with E-state index >= 15 is 0 Å². The molecule has 1 fully saturated rings. The number of aromatic nitrogens is 2. The fourth-order valence-corrected chi connectivity index (χ4v) is 4.14. The summed E-state index contributed by atoms with van der Waals surface area (Å²) in [4.78, 5) is 4.01. The number of hydrogen-bond acceptors (Lipinski definition) is 4. The molecule has 2 rings (SSSR count). The van der Waals surface area contributed by atoms with Crippen LogP contribution in [-0.2, 0) is 10.0 Å². The van der Waals surface area contributed by atoms with Crippen LogP contribution in [0.15, 0.2) is 17.6 Å². The summed E-state index contributed by atoms with van der Waals surface area (Å²) in [5.74, 6) is 0. The van der Waals surface area contributed by atoms with Gasteiger partial charge in [0.15, 0.2) is 5.03 Å². The Morgan fingerprint density at radius 2 is 2.00 bits per heavy atom. The van der Waals surface area contributed by atoms with Crippen LogP contribution in [0.25, 0.3) is 0 Å². The average Bonchev–Trinajstić information content (AvgIpc) is 2.98. The van der Waals surface area contributed by atoms with Gasteiger partial charge in [0.05, 0.1) is 12.4 Å². The maximum Gasteiger partial charge on any atom is 0.263 e. The van der Waals surface area contributed by atoms with Crippen LogP contribution in [0.5, 0.6) is 0 Å². The fraction of sp³-hybridized carbons (Fsp3) is 0.714. The van der Waals surface area contributed by atoms with Gasteiger partial charge in [0.1, 0.15) is 5.54 Å². The number of rotatable bonds is 4. The molecule has 0 radical (unpaired) electrons. The Morgan fingerprint density at radius 3 is 2.48 bits per heavy atom. The van der Waals surface area contributed by atoms with Gasteiger partial charge in [-0.05, 0) is 26.7 Å². The molecule has 0 amide bonds. The first-order chi connectivity index (χ1) is 9.83. The van der Waals surface area contributed by atoms with Crippen molar-refractivity contribution in [2.24, 2.45) is 0 Å². The zero-order chi connectivity index (χ0) is 15.7. The van der Waals surface area contributed by atoms with Gasteiger partial charge in [0.2, 0.25) is 0 Å². The van der Waals surface area contributed by atoms with Gasteiger partial charge in [-0.2, -0.15) is 9.57 Å². The normalized spacial score (nSPS) is 18.9. The third-order valence-corrected chi connectivity index (χ3v) is 6.10. The van der Waals surface area contributed by atoms with Crippen LogP contribution >= 0.6 is 0 Å². The molecule has 6 nitrogen and oxygen atoms in total. The van der Waals surface area contributed by atoms with E-state index in [4.69, 9.17) is 0 Å². The Bertz CT molecular complexity index is 636. The molecule has 1 heterocycles. The van der Waals surface area contributed by atoms with Crippen molar-refractivity contribution in [2.75, 3.05) is 7.05 Å². The molecule has 1 saturated carbocycles. The molecule has 7 heteroatoms. The smallest absolute Gasteiger partial charge is 0.263 e. The molecule has 21 heavy (non-hydrogen) atoms. The minimum Gasteiger partial charge on any atom is -0.334 e. The van der Waals surface area contributed by atoms with E-state index in [9.17, 15) is 13.7 Å².